The number of piperazine rings is 1. The van der Waals surface area contributed by atoms with Gasteiger partial charge < -0.3 is 15.1 Å². The topological polar surface area (TPSA) is 53.4 Å². The van der Waals surface area contributed by atoms with E-state index in [1.807, 2.05) is 48.1 Å². The number of nitrogens with one attached hydrogen (secondary N) is 1. The standard InChI is InChI=1S/C19H27N5O/c1-16(17-6-3-4-7-18(17)24-10-5-9-20-24)21-19(25)8-11-23-14-12-22(2)13-15-23/h3-7,9-10,16H,8,11-15H2,1-2H3,(H,21,25)/t16-/m0/s1. The predicted octanol–water partition coefficient (Wildman–Crippen LogP) is 1.69. The van der Waals surface area contributed by atoms with E-state index in [-0.39, 0.29) is 11.9 Å². The Morgan fingerprint density at radius 3 is 2.68 bits per heavy atom. The quantitative estimate of drug-likeness (QED) is 0.869. The van der Waals surface area contributed by atoms with Gasteiger partial charge in [0, 0.05) is 51.5 Å². The van der Waals surface area contributed by atoms with Gasteiger partial charge in [-0.05, 0) is 31.7 Å². The Hall–Kier alpha value is -2.18. The predicted molar refractivity (Wildman–Crippen MR) is 98.7 cm³/mol. The molecule has 1 aliphatic heterocycles. The maximum Gasteiger partial charge on any atom is 0.221 e. The molecule has 1 amide bonds. The van der Waals surface area contributed by atoms with E-state index in [1.165, 1.54) is 0 Å². The molecule has 134 valence electrons. The van der Waals surface area contributed by atoms with Gasteiger partial charge in [-0.3, -0.25) is 4.79 Å². The van der Waals surface area contributed by atoms with Crippen molar-refractivity contribution in [3.63, 3.8) is 0 Å². The Labute approximate surface area is 149 Å². The van der Waals surface area contributed by atoms with E-state index in [0.29, 0.717) is 6.42 Å². The average molecular weight is 341 g/mol. The van der Waals surface area contributed by atoms with Crippen molar-refractivity contribution in [1.82, 2.24) is 24.9 Å². The lowest BCUT2D eigenvalue weighted by Gasteiger charge is -2.32. The van der Waals surface area contributed by atoms with Crippen LogP contribution in [0.25, 0.3) is 5.69 Å². The van der Waals surface area contributed by atoms with Gasteiger partial charge in [-0.15, -0.1) is 0 Å². The molecule has 2 heterocycles. The lowest BCUT2D eigenvalue weighted by Crippen LogP contribution is -2.45. The molecule has 0 unspecified atom stereocenters. The zero-order valence-electron chi connectivity index (χ0n) is 15.1. The van der Waals surface area contributed by atoms with Crippen LogP contribution in [-0.2, 0) is 4.79 Å². The summed E-state index contributed by atoms with van der Waals surface area (Å²) in [6.07, 6.45) is 4.22. The average Bonchev–Trinajstić information content (AvgIpc) is 3.16. The van der Waals surface area contributed by atoms with Gasteiger partial charge in [-0.2, -0.15) is 5.10 Å². The smallest absolute Gasteiger partial charge is 0.221 e. The van der Waals surface area contributed by atoms with Crippen molar-refractivity contribution >= 4 is 5.91 Å². The van der Waals surface area contributed by atoms with Crippen LogP contribution in [0.4, 0.5) is 0 Å². The zero-order valence-corrected chi connectivity index (χ0v) is 15.1. The molecule has 0 aliphatic carbocycles. The number of aromatic nitrogens is 2. The SMILES string of the molecule is C[C@H](NC(=O)CCN1CCN(C)CC1)c1ccccc1-n1cccn1. The molecule has 1 fully saturated rings. The van der Waals surface area contributed by atoms with Crippen LogP contribution in [-0.4, -0.2) is 65.3 Å². The van der Waals surface area contributed by atoms with Crippen molar-refractivity contribution in [2.75, 3.05) is 39.8 Å². The number of hydrogen-bond acceptors (Lipinski definition) is 4. The third kappa shape index (κ3) is 4.67. The first-order valence-corrected chi connectivity index (χ1v) is 8.92. The van der Waals surface area contributed by atoms with Crippen molar-refractivity contribution < 1.29 is 4.79 Å². The normalized spacial score (nSPS) is 17.4. The second-order valence-corrected chi connectivity index (χ2v) is 6.69. The maximum absolute atomic E-state index is 12.4. The Morgan fingerprint density at radius 1 is 1.20 bits per heavy atom. The fourth-order valence-corrected chi connectivity index (χ4v) is 3.20. The summed E-state index contributed by atoms with van der Waals surface area (Å²) >= 11 is 0. The van der Waals surface area contributed by atoms with Crippen LogP contribution >= 0.6 is 0 Å². The van der Waals surface area contributed by atoms with Crippen LogP contribution in [0.1, 0.15) is 24.9 Å². The summed E-state index contributed by atoms with van der Waals surface area (Å²) in [5, 5.41) is 7.44. The summed E-state index contributed by atoms with van der Waals surface area (Å²) in [5.41, 5.74) is 2.07. The highest BCUT2D eigenvalue weighted by Gasteiger charge is 2.17. The molecule has 3 rings (SSSR count). The highest BCUT2D eigenvalue weighted by atomic mass is 16.1. The number of benzene rings is 1. The van der Waals surface area contributed by atoms with Gasteiger partial charge in [-0.1, -0.05) is 18.2 Å². The van der Waals surface area contributed by atoms with Crippen molar-refractivity contribution in [3.8, 4) is 5.69 Å². The summed E-state index contributed by atoms with van der Waals surface area (Å²) in [6.45, 7) is 7.09. The van der Waals surface area contributed by atoms with E-state index < -0.39 is 0 Å². The number of rotatable bonds is 6. The monoisotopic (exact) mass is 341 g/mol. The van der Waals surface area contributed by atoms with Crippen molar-refractivity contribution in [1.29, 1.82) is 0 Å². The van der Waals surface area contributed by atoms with Gasteiger partial charge in [0.25, 0.3) is 0 Å². The van der Waals surface area contributed by atoms with E-state index in [2.05, 4.69) is 27.3 Å². The van der Waals surface area contributed by atoms with Crippen LogP contribution in [0.2, 0.25) is 0 Å². The summed E-state index contributed by atoms with van der Waals surface area (Å²) in [4.78, 5) is 17.0. The fourth-order valence-electron chi connectivity index (χ4n) is 3.20. The molecule has 25 heavy (non-hydrogen) atoms. The van der Waals surface area contributed by atoms with Crippen LogP contribution in [0.5, 0.6) is 0 Å². The molecule has 1 aromatic carbocycles. The molecule has 1 atom stereocenters. The third-order valence-electron chi connectivity index (χ3n) is 4.78. The summed E-state index contributed by atoms with van der Waals surface area (Å²) in [6, 6.07) is 9.89. The molecule has 0 spiro atoms. The van der Waals surface area contributed by atoms with Crippen molar-refractivity contribution in [2.24, 2.45) is 0 Å². The van der Waals surface area contributed by atoms with Gasteiger partial charge in [0.05, 0.1) is 11.7 Å². The minimum Gasteiger partial charge on any atom is -0.349 e. The molecule has 1 aliphatic rings. The first kappa shape index (κ1) is 17.6. The van der Waals surface area contributed by atoms with E-state index in [0.717, 1.165) is 44.0 Å². The molecular formula is C19H27N5O. The van der Waals surface area contributed by atoms with E-state index in [4.69, 9.17) is 0 Å². The molecule has 0 radical (unpaired) electrons. The number of hydrogen-bond donors (Lipinski definition) is 1. The molecule has 6 nitrogen and oxygen atoms in total. The zero-order chi connectivity index (χ0) is 17.6. The number of para-hydroxylation sites is 1. The van der Waals surface area contributed by atoms with Crippen molar-refractivity contribution in [2.45, 2.75) is 19.4 Å². The van der Waals surface area contributed by atoms with Crippen LogP contribution in [0.3, 0.4) is 0 Å². The highest BCUT2D eigenvalue weighted by Crippen LogP contribution is 2.21. The van der Waals surface area contributed by atoms with Gasteiger partial charge in [-0.25, -0.2) is 4.68 Å². The first-order valence-electron chi connectivity index (χ1n) is 8.92. The van der Waals surface area contributed by atoms with Gasteiger partial charge in [0.2, 0.25) is 5.91 Å². The van der Waals surface area contributed by atoms with Crippen LogP contribution in [0, 0.1) is 0 Å². The summed E-state index contributed by atoms with van der Waals surface area (Å²) < 4.78 is 1.84. The molecular weight excluding hydrogens is 314 g/mol. The number of carbonyl (C=O) groups is 1. The maximum atomic E-state index is 12.4. The Morgan fingerprint density at radius 2 is 1.96 bits per heavy atom. The Balaban J connectivity index is 1.55. The number of amides is 1. The number of nitrogens with zero attached hydrogens (tertiary/aromatic N) is 4. The summed E-state index contributed by atoms with van der Waals surface area (Å²) in [5.74, 6) is 0.0988. The minimum atomic E-state index is -0.0552. The molecule has 0 saturated carbocycles. The van der Waals surface area contributed by atoms with Crippen LogP contribution in [0.15, 0.2) is 42.7 Å². The van der Waals surface area contributed by atoms with Crippen molar-refractivity contribution in [3.05, 3.63) is 48.3 Å². The van der Waals surface area contributed by atoms with E-state index >= 15 is 0 Å². The van der Waals surface area contributed by atoms with Gasteiger partial charge >= 0.3 is 0 Å². The minimum absolute atomic E-state index is 0.0552. The molecule has 1 saturated heterocycles. The molecule has 1 N–H and O–H groups in total. The lowest BCUT2D eigenvalue weighted by molar-refractivity contribution is -0.122. The van der Waals surface area contributed by atoms with Gasteiger partial charge in [0.15, 0.2) is 0 Å². The molecule has 2 aromatic rings. The van der Waals surface area contributed by atoms with Crippen LogP contribution < -0.4 is 5.32 Å². The fraction of sp³-hybridized carbons (Fsp3) is 0.474. The highest BCUT2D eigenvalue weighted by molar-refractivity contribution is 5.76. The molecule has 0 bridgehead atoms. The largest absolute Gasteiger partial charge is 0.349 e. The first-order chi connectivity index (χ1) is 12.1. The lowest BCUT2D eigenvalue weighted by atomic mass is 10.1. The summed E-state index contributed by atoms with van der Waals surface area (Å²) in [7, 11) is 2.14. The second-order valence-electron chi connectivity index (χ2n) is 6.69. The molecule has 6 heteroatoms. The van der Waals surface area contributed by atoms with E-state index in [1.54, 1.807) is 6.20 Å². The number of carbonyl (C=O) groups excluding carboxylic acids is 1. The number of likely N-dealkylation sites (N-methyl/N-ethyl adjacent to an activating group) is 1. The Bertz CT molecular complexity index is 677. The second kappa shape index (κ2) is 8.27. The molecule has 1 aromatic heterocycles. The van der Waals surface area contributed by atoms with Gasteiger partial charge in [0.1, 0.15) is 0 Å². The Kier molecular flexibility index (Phi) is 5.83. The third-order valence-corrected chi connectivity index (χ3v) is 4.78. The van der Waals surface area contributed by atoms with E-state index in [9.17, 15) is 4.79 Å².